The van der Waals surface area contributed by atoms with Crippen LogP contribution < -0.4 is 11.0 Å². The molecule has 0 aliphatic carbocycles. The predicted molar refractivity (Wildman–Crippen MR) is 98.1 cm³/mol. The largest absolute Gasteiger partial charge is 0.292 e. The number of carbonyl (C=O) groups is 1. The highest BCUT2D eigenvalue weighted by Crippen LogP contribution is 2.17. The number of nitrogens with one attached hydrogen (secondary N) is 1. The SMILES string of the molecule is CCn1nc(C(=O)N/N=C\c2c(F)cccc2Cl)c2ccccc2c1=O. The zero-order chi connectivity index (χ0) is 18.7. The van der Waals surface area contributed by atoms with Crippen molar-refractivity contribution >= 4 is 34.5 Å². The number of fused-ring (bicyclic) bond motifs is 1. The number of aryl methyl sites for hydroxylation is 1. The summed E-state index contributed by atoms with van der Waals surface area (Å²) >= 11 is 5.90. The Bertz CT molecular complexity index is 1060. The van der Waals surface area contributed by atoms with Crippen LogP contribution in [0.3, 0.4) is 0 Å². The van der Waals surface area contributed by atoms with Gasteiger partial charge in [0.25, 0.3) is 11.5 Å². The fourth-order valence-electron chi connectivity index (χ4n) is 2.46. The van der Waals surface area contributed by atoms with Gasteiger partial charge < -0.3 is 0 Å². The summed E-state index contributed by atoms with van der Waals surface area (Å²) in [5, 5.41) is 8.82. The summed E-state index contributed by atoms with van der Waals surface area (Å²) in [6.45, 7) is 2.07. The molecule has 2 aromatic carbocycles. The van der Waals surface area contributed by atoms with E-state index < -0.39 is 11.7 Å². The highest BCUT2D eigenvalue weighted by Gasteiger charge is 2.15. The van der Waals surface area contributed by atoms with Gasteiger partial charge in [-0.25, -0.2) is 14.5 Å². The Morgan fingerprint density at radius 1 is 1.27 bits per heavy atom. The Morgan fingerprint density at radius 3 is 2.69 bits per heavy atom. The second kappa shape index (κ2) is 7.45. The van der Waals surface area contributed by atoms with E-state index in [1.807, 2.05) is 0 Å². The summed E-state index contributed by atoms with van der Waals surface area (Å²) in [6.07, 6.45) is 1.12. The zero-order valence-electron chi connectivity index (χ0n) is 13.7. The number of carbonyl (C=O) groups excluding carboxylic acids is 1. The number of halogens is 2. The first kappa shape index (κ1) is 17.8. The van der Waals surface area contributed by atoms with Crippen molar-refractivity contribution in [2.75, 3.05) is 0 Å². The molecule has 0 bridgehead atoms. The molecule has 6 nitrogen and oxygen atoms in total. The molecule has 0 saturated carbocycles. The van der Waals surface area contributed by atoms with E-state index in [-0.39, 0.29) is 21.8 Å². The van der Waals surface area contributed by atoms with Gasteiger partial charge in [0, 0.05) is 17.5 Å². The van der Waals surface area contributed by atoms with Crippen LogP contribution >= 0.6 is 11.6 Å². The van der Waals surface area contributed by atoms with Crippen LogP contribution in [0.15, 0.2) is 52.4 Å². The standard InChI is InChI=1S/C18H14ClFN4O2/c1-2-24-18(26)12-7-4-3-6-11(12)16(23-24)17(25)22-21-10-13-14(19)8-5-9-15(13)20/h3-10H,2H2,1H3,(H,22,25)/b21-10-. The molecule has 0 spiro atoms. The summed E-state index contributed by atoms with van der Waals surface area (Å²) < 4.78 is 14.9. The minimum Gasteiger partial charge on any atom is -0.267 e. The lowest BCUT2D eigenvalue weighted by molar-refractivity contribution is 0.0949. The lowest BCUT2D eigenvalue weighted by Gasteiger charge is -2.08. The van der Waals surface area contributed by atoms with Gasteiger partial charge in [-0.15, -0.1) is 0 Å². The topological polar surface area (TPSA) is 76.3 Å². The Kier molecular flexibility index (Phi) is 5.09. The quantitative estimate of drug-likeness (QED) is 0.565. The molecule has 26 heavy (non-hydrogen) atoms. The molecule has 132 valence electrons. The van der Waals surface area contributed by atoms with E-state index in [0.717, 1.165) is 6.21 Å². The molecule has 0 fully saturated rings. The van der Waals surface area contributed by atoms with Crippen LogP contribution in [0.2, 0.25) is 5.02 Å². The van der Waals surface area contributed by atoms with Gasteiger partial charge in [-0.3, -0.25) is 9.59 Å². The van der Waals surface area contributed by atoms with E-state index in [1.165, 1.54) is 22.9 Å². The summed E-state index contributed by atoms with van der Waals surface area (Å²) in [4.78, 5) is 24.8. The molecule has 1 aromatic heterocycles. The summed E-state index contributed by atoms with van der Waals surface area (Å²) in [5.74, 6) is -1.18. The van der Waals surface area contributed by atoms with Gasteiger partial charge in [-0.2, -0.15) is 10.2 Å². The highest BCUT2D eigenvalue weighted by molar-refractivity contribution is 6.33. The number of hydrogen-bond acceptors (Lipinski definition) is 4. The molecule has 3 rings (SSSR count). The third kappa shape index (κ3) is 3.34. The van der Waals surface area contributed by atoms with E-state index >= 15 is 0 Å². The first-order chi connectivity index (χ1) is 12.5. The van der Waals surface area contributed by atoms with Crippen molar-refractivity contribution in [2.24, 2.45) is 5.10 Å². The first-order valence-electron chi connectivity index (χ1n) is 7.80. The second-order valence-electron chi connectivity index (χ2n) is 5.35. The molecule has 0 aliphatic heterocycles. The number of amides is 1. The van der Waals surface area contributed by atoms with Gasteiger partial charge in [-0.05, 0) is 25.1 Å². The van der Waals surface area contributed by atoms with Gasteiger partial charge in [0.15, 0.2) is 5.69 Å². The Balaban J connectivity index is 1.95. The maximum atomic E-state index is 13.7. The molecule has 0 aliphatic rings. The molecule has 1 heterocycles. The third-order valence-corrected chi connectivity index (χ3v) is 4.07. The van der Waals surface area contributed by atoms with Crippen LogP contribution in [0.5, 0.6) is 0 Å². The maximum Gasteiger partial charge on any atom is 0.292 e. The fourth-order valence-corrected chi connectivity index (χ4v) is 2.67. The number of nitrogens with zero attached hydrogens (tertiary/aromatic N) is 3. The van der Waals surface area contributed by atoms with Crippen LogP contribution in [0.25, 0.3) is 10.8 Å². The molecule has 0 unspecified atom stereocenters. The van der Waals surface area contributed by atoms with E-state index in [1.54, 1.807) is 31.2 Å². The predicted octanol–water partition coefficient (Wildman–Crippen LogP) is 2.97. The average molecular weight is 373 g/mol. The molecule has 3 aromatic rings. The van der Waals surface area contributed by atoms with Gasteiger partial charge >= 0.3 is 0 Å². The minimum absolute atomic E-state index is 0.0545. The molecular formula is C18H14ClFN4O2. The summed E-state index contributed by atoms with van der Waals surface area (Å²) in [7, 11) is 0. The van der Waals surface area contributed by atoms with Crippen LogP contribution in [0, 0.1) is 5.82 Å². The molecular weight excluding hydrogens is 359 g/mol. The monoisotopic (exact) mass is 372 g/mol. The summed E-state index contributed by atoms with van der Waals surface area (Å²) in [5.41, 5.74) is 2.13. The zero-order valence-corrected chi connectivity index (χ0v) is 14.5. The van der Waals surface area contributed by atoms with Crippen molar-refractivity contribution in [1.29, 1.82) is 0 Å². The van der Waals surface area contributed by atoms with Crippen molar-refractivity contribution in [3.05, 3.63) is 74.9 Å². The Labute approximate surface area is 152 Å². The molecule has 1 amide bonds. The molecule has 0 radical (unpaired) electrons. The number of hydrazone groups is 1. The van der Waals surface area contributed by atoms with E-state index in [4.69, 9.17) is 11.6 Å². The normalized spacial score (nSPS) is 11.2. The number of aromatic nitrogens is 2. The van der Waals surface area contributed by atoms with Crippen molar-refractivity contribution in [1.82, 2.24) is 15.2 Å². The Morgan fingerprint density at radius 2 is 2.00 bits per heavy atom. The van der Waals surface area contributed by atoms with Crippen molar-refractivity contribution < 1.29 is 9.18 Å². The van der Waals surface area contributed by atoms with E-state index in [2.05, 4.69) is 15.6 Å². The molecule has 0 atom stereocenters. The summed E-state index contributed by atoms with van der Waals surface area (Å²) in [6, 6.07) is 10.9. The lowest BCUT2D eigenvalue weighted by atomic mass is 10.1. The van der Waals surface area contributed by atoms with Gasteiger partial charge in [0.1, 0.15) is 5.82 Å². The number of hydrogen-bond donors (Lipinski definition) is 1. The van der Waals surface area contributed by atoms with Gasteiger partial charge in [0.05, 0.1) is 16.6 Å². The van der Waals surface area contributed by atoms with Crippen molar-refractivity contribution in [2.45, 2.75) is 13.5 Å². The second-order valence-corrected chi connectivity index (χ2v) is 5.76. The van der Waals surface area contributed by atoms with Crippen LogP contribution in [0.4, 0.5) is 4.39 Å². The van der Waals surface area contributed by atoms with E-state index in [0.29, 0.717) is 17.3 Å². The van der Waals surface area contributed by atoms with Crippen LogP contribution in [-0.4, -0.2) is 21.9 Å². The maximum absolute atomic E-state index is 13.7. The van der Waals surface area contributed by atoms with Crippen LogP contribution in [-0.2, 0) is 6.54 Å². The average Bonchev–Trinajstić information content (AvgIpc) is 2.64. The minimum atomic E-state index is -0.618. The van der Waals surface area contributed by atoms with Crippen LogP contribution in [0.1, 0.15) is 23.0 Å². The van der Waals surface area contributed by atoms with Crippen molar-refractivity contribution in [3.63, 3.8) is 0 Å². The van der Waals surface area contributed by atoms with E-state index in [9.17, 15) is 14.0 Å². The number of benzene rings is 2. The van der Waals surface area contributed by atoms with Crippen molar-refractivity contribution in [3.8, 4) is 0 Å². The van der Waals surface area contributed by atoms with Gasteiger partial charge in [0.2, 0.25) is 0 Å². The lowest BCUT2D eigenvalue weighted by Crippen LogP contribution is -2.28. The highest BCUT2D eigenvalue weighted by atomic mass is 35.5. The fraction of sp³-hybridized carbons (Fsp3) is 0.111. The van der Waals surface area contributed by atoms with Gasteiger partial charge in [-0.1, -0.05) is 35.9 Å². The molecule has 8 heteroatoms. The number of rotatable bonds is 4. The Hall–Kier alpha value is -3.06. The third-order valence-electron chi connectivity index (χ3n) is 3.74. The smallest absolute Gasteiger partial charge is 0.267 e. The molecule has 1 N–H and O–H groups in total. The first-order valence-corrected chi connectivity index (χ1v) is 8.18. The molecule has 0 saturated heterocycles.